The number of aromatic nitrogens is 2. The number of piperidine rings is 1. The Morgan fingerprint density at radius 1 is 1.28 bits per heavy atom. The van der Waals surface area contributed by atoms with Crippen molar-refractivity contribution in [2.24, 2.45) is 0 Å². The molecule has 3 rings (SSSR count). The Hall–Kier alpha value is -3.52. The number of likely N-dealkylation sites (tertiary alicyclic amines) is 1. The molecule has 0 bridgehead atoms. The topological polar surface area (TPSA) is 126 Å². The molecule has 1 unspecified atom stereocenters. The number of hydrogen-bond acceptors (Lipinski definition) is 7. The van der Waals surface area contributed by atoms with Gasteiger partial charge < -0.3 is 14.5 Å². The Morgan fingerprint density at radius 2 is 1.97 bits per heavy atom. The number of rotatable bonds is 8. The Labute approximate surface area is 213 Å². The monoisotopic (exact) mass is 513 g/mol. The van der Waals surface area contributed by atoms with E-state index in [1.165, 1.54) is 10.9 Å². The van der Waals surface area contributed by atoms with Crippen LogP contribution in [0.15, 0.2) is 29.3 Å². The zero-order chi connectivity index (χ0) is 26.4. The smallest absolute Gasteiger partial charge is 0.342 e. The van der Waals surface area contributed by atoms with Gasteiger partial charge in [-0.25, -0.2) is 4.79 Å². The van der Waals surface area contributed by atoms with Crippen molar-refractivity contribution in [2.45, 2.75) is 50.7 Å². The normalized spacial score (nSPS) is 16.2. The van der Waals surface area contributed by atoms with Gasteiger partial charge in [0.15, 0.2) is 0 Å². The maximum Gasteiger partial charge on any atom is 0.342 e. The van der Waals surface area contributed by atoms with E-state index in [2.05, 4.69) is 5.10 Å². The number of hydrogen-bond donors (Lipinski definition) is 0. The average Bonchev–Trinajstić information content (AvgIpc) is 3.23. The molecule has 2 aromatic rings. The second-order valence-corrected chi connectivity index (χ2v) is 9.95. The highest BCUT2D eigenvalue weighted by Gasteiger charge is 2.30. The minimum Gasteiger partial charge on any atom is -0.462 e. The summed E-state index contributed by atoms with van der Waals surface area (Å²) in [5.74, 6) is -0.839. The van der Waals surface area contributed by atoms with E-state index in [4.69, 9.17) is 10.00 Å². The van der Waals surface area contributed by atoms with Crippen LogP contribution in [0.25, 0.3) is 0 Å². The predicted octanol–water partition coefficient (Wildman–Crippen LogP) is 2.13. The van der Waals surface area contributed by atoms with Crippen LogP contribution in [-0.2, 0) is 26.9 Å². The molecule has 1 aromatic carbocycles. The van der Waals surface area contributed by atoms with Gasteiger partial charge in [0.2, 0.25) is 5.91 Å². The van der Waals surface area contributed by atoms with Gasteiger partial charge >= 0.3 is 5.97 Å². The van der Waals surface area contributed by atoms with Gasteiger partial charge in [0, 0.05) is 44.4 Å². The maximum atomic E-state index is 13.0. The Kier molecular flexibility index (Phi) is 8.98. The number of likely N-dealkylation sites (N-methyl/N-ethyl adjacent to an activating group) is 1. The molecule has 1 aliphatic heterocycles. The molecule has 0 radical (unpaired) electrons. The lowest BCUT2D eigenvalue weighted by molar-refractivity contribution is -0.133. The summed E-state index contributed by atoms with van der Waals surface area (Å²) >= 11 is 0. The van der Waals surface area contributed by atoms with Gasteiger partial charge in [-0.2, -0.15) is 10.4 Å². The molecule has 1 fully saturated rings. The number of nitrogens with zero attached hydrogens (tertiary/aromatic N) is 5. The number of nitriles is 1. The van der Waals surface area contributed by atoms with Crippen molar-refractivity contribution in [1.29, 1.82) is 5.26 Å². The van der Waals surface area contributed by atoms with Crippen LogP contribution in [0, 0.1) is 18.3 Å². The summed E-state index contributed by atoms with van der Waals surface area (Å²) in [5.41, 5.74) is 1.59. The molecule has 192 valence electrons. The molecule has 0 saturated carbocycles. The number of aryl methyl sites for hydroxylation is 2. The van der Waals surface area contributed by atoms with E-state index in [9.17, 15) is 18.6 Å². The number of carbonyl (C=O) groups is 3. The molecule has 11 heteroatoms. The lowest BCUT2D eigenvalue weighted by atomic mass is 10.0. The molecule has 0 spiro atoms. The Balaban J connectivity index is 1.66. The highest BCUT2D eigenvalue weighted by molar-refractivity contribution is 7.84. The third kappa shape index (κ3) is 5.99. The first kappa shape index (κ1) is 27.1. The molecule has 2 atom stereocenters. The van der Waals surface area contributed by atoms with E-state index in [0.29, 0.717) is 29.9 Å². The van der Waals surface area contributed by atoms with Crippen LogP contribution in [0.1, 0.15) is 58.2 Å². The summed E-state index contributed by atoms with van der Waals surface area (Å²) in [7, 11) is 0.219. The first-order valence-corrected chi connectivity index (χ1v) is 13.4. The van der Waals surface area contributed by atoms with Crippen LogP contribution >= 0.6 is 0 Å². The first-order chi connectivity index (χ1) is 17.2. The lowest BCUT2D eigenvalue weighted by Crippen LogP contribution is -2.50. The molecule has 1 aliphatic rings. The number of esters is 1. The fraction of sp³-hybridized carbons (Fsp3) is 0.480. The maximum absolute atomic E-state index is 13.0. The summed E-state index contributed by atoms with van der Waals surface area (Å²) in [6, 6.07) is 8.43. The first-order valence-electron chi connectivity index (χ1n) is 11.8. The molecule has 0 aliphatic carbocycles. The SMILES string of the molecule is CCOC(=O)c1c(C)nn(CCC(=O)N(C)[C@H]2CCCN(C(=O)c3ccc(C#N)cc3)C2)c1S(C)=O. The summed E-state index contributed by atoms with van der Waals surface area (Å²) < 4.78 is 18.9. The van der Waals surface area contributed by atoms with Crippen LogP contribution in [0.3, 0.4) is 0 Å². The number of ether oxygens (including phenoxy) is 1. The largest absolute Gasteiger partial charge is 0.462 e. The average molecular weight is 514 g/mol. The molecular weight excluding hydrogens is 482 g/mol. The van der Waals surface area contributed by atoms with Crippen LogP contribution in [-0.4, -0.2) is 80.6 Å². The summed E-state index contributed by atoms with van der Waals surface area (Å²) in [6.07, 6.45) is 3.11. The van der Waals surface area contributed by atoms with Crippen molar-refractivity contribution in [1.82, 2.24) is 19.6 Å². The number of carbonyl (C=O) groups excluding carboxylic acids is 3. The van der Waals surface area contributed by atoms with Gasteiger partial charge in [0.1, 0.15) is 10.6 Å². The molecular formula is C25H31N5O5S. The Morgan fingerprint density at radius 3 is 2.58 bits per heavy atom. The predicted molar refractivity (Wildman–Crippen MR) is 133 cm³/mol. The summed E-state index contributed by atoms with van der Waals surface area (Å²) in [6.45, 7) is 4.71. The van der Waals surface area contributed by atoms with E-state index >= 15 is 0 Å². The van der Waals surface area contributed by atoms with Gasteiger partial charge in [-0.1, -0.05) is 0 Å². The van der Waals surface area contributed by atoms with Gasteiger partial charge in [0.05, 0.1) is 41.3 Å². The molecule has 1 saturated heterocycles. The van der Waals surface area contributed by atoms with Crippen LogP contribution in [0.5, 0.6) is 0 Å². The molecule has 36 heavy (non-hydrogen) atoms. The molecule has 2 heterocycles. The van der Waals surface area contributed by atoms with Crippen LogP contribution < -0.4 is 0 Å². The second-order valence-electron chi connectivity index (χ2n) is 8.65. The van der Waals surface area contributed by atoms with Crippen LogP contribution in [0.2, 0.25) is 0 Å². The zero-order valence-electron chi connectivity index (χ0n) is 21.0. The number of benzene rings is 1. The molecule has 10 nitrogen and oxygen atoms in total. The fourth-order valence-electron chi connectivity index (χ4n) is 4.35. The summed E-state index contributed by atoms with van der Waals surface area (Å²) in [5, 5.41) is 13.5. The highest BCUT2D eigenvalue weighted by atomic mass is 32.2. The molecule has 0 N–H and O–H groups in total. The second kappa shape index (κ2) is 11.9. The Bertz CT molecular complexity index is 1200. The van der Waals surface area contributed by atoms with Crippen LogP contribution in [0.4, 0.5) is 0 Å². The zero-order valence-corrected chi connectivity index (χ0v) is 21.8. The van der Waals surface area contributed by atoms with E-state index < -0.39 is 16.8 Å². The van der Waals surface area contributed by atoms with Crippen molar-refractivity contribution >= 4 is 28.6 Å². The van der Waals surface area contributed by atoms with E-state index in [1.807, 2.05) is 6.07 Å². The third-order valence-corrected chi connectivity index (χ3v) is 7.22. The van der Waals surface area contributed by atoms with E-state index in [0.717, 1.165) is 12.8 Å². The minimum atomic E-state index is -1.50. The van der Waals surface area contributed by atoms with Crippen molar-refractivity contribution in [2.75, 3.05) is 33.0 Å². The highest BCUT2D eigenvalue weighted by Crippen LogP contribution is 2.21. The van der Waals surface area contributed by atoms with E-state index in [-0.39, 0.29) is 48.0 Å². The third-order valence-electron chi connectivity index (χ3n) is 6.26. The molecule has 2 amide bonds. The van der Waals surface area contributed by atoms with Gasteiger partial charge in [0.25, 0.3) is 5.91 Å². The van der Waals surface area contributed by atoms with Crippen molar-refractivity contribution in [3.8, 4) is 6.07 Å². The van der Waals surface area contributed by atoms with Crippen molar-refractivity contribution in [3.05, 3.63) is 46.6 Å². The standard InChI is InChI=1S/C25H31N5O5S/c1-5-35-25(33)22-17(2)27-30(24(22)36(4)34)14-12-21(31)28(3)20-7-6-13-29(16-20)23(32)19-10-8-18(15-26)9-11-19/h8-11,20H,5-7,12-14,16H2,1-4H3/t20-,36?/m0/s1. The lowest BCUT2D eigenvalue weighted by Gasteiger charge is -2.37. The van der Waals surface area contributed by atoms with E-state index in [1.54, 1.807) is 55.0 Å². The van der Waals surface area contributed by atoms with Gasteiger partial charge in [-0.3, -0.25) is 18.5 Å². The molecule has 1 aromatic heterocycles. The number of amides is 2. The van der Waals surface area contributed by atoms with Crippen molar-refractivity contribution < 1.29 is 23.3 Å². The fourth-order valence-corrected chi connectivity index (χ4v) is 5.30. The van der Waals surface area contributed by atoms with Gasteiger partial charge in [-0.05, 0) is 51.0 Å². The quantitative estimate of drug-likeness (QED) is 0.495. The van der Waals surface area contributed by atoms with Gasteiger partial charge in [-0.15, -0.1) is 0 Å². The summed E-state index contributed by atoms with van der Waals surface area (Å²) in [4.78, 5) is 41.7. The minimum absolute atomic E-state index is 0.101. The van der Waals surface area contributed by atoms with Crippen molar-refractivity contribution in [3.63, 3.8) is 0 Å².